The first kappa shape index (κ1) is 28.1. The fourth-order valence-corrected chi connectivity index (χ4v) is 6.97. The van der Waals surface area contributed by atoms with E-state index in [2.05, 4.69) is 0 Å². The summed E-state index contributed by atoms with van der Waals surface area (Å²) < 4.78 is 58.5. The topological polar surface area (TPSA) is 123 Å². The number of likely N-dealkylation sites (tertiary alicyclic amines) is 1. The van der Waals surface area contributed by atoms with Crippen molar-refractivity contribution in [2.24, 2.45) is 5.92 Å². The van der Waals surface area contributed by atoms with E-state index in [4.69, 9.17) is 14.2 Å². The third kappa shape index (κ3) is 5.18. The third-order valence-corrected chi connectivity index (χ3v) is 9.31. The molecular weight excluding hydrogens is 543 g/mol. The summed E-state index contributed by atoms with van der Waals surface area (Å²) >= 11 is 0. The Kier molecular flexibility index (Phi) is 7.36. The van der Waals surface area contributed by atoms with Gasteiger partial charge < -0.3 is 19.3 Å². The van der Waals surface area contributed by atoms with Gasteiger partial charge in [-0.2, -0.15) is 4.31 Å². The smallest absolute Gasteiger partial charge is 0.428 e. The largest absolute Gasteiger partial charge is 0.492 e. The van der Waals surface area contributed by atoms with Gasteiger partial charge >= 0.3 is 12.1 Å². The third-order valence-electron chi connectivity index (χ3n) is 7.56. The number of esters is 1. The second kappa shape index (κ2) is 10.5. The minimum Gasteiger partial charge on any atom is -0.492 e. The van der Waals surface area contributed by atoms with E-state index in [1.807, 2.05) is 4.90 Å². The summed E-state index contributed by atoms with van der Waals surface area (Å²) in [5, 5.41) is 10.2. The second-order valence-electron chi connectivity index (χ2n) is 10.6. The summed E-state index contributed by atoms with van der Waals surface area (Å²) in [5.74, 6) is -0.880. The fraction of sp³-hybridized carbons (Fsp3) is 0.429. The molecular formula is C28H31FN2O8S. The predicted octanol–water partition coefficient (Wildman–Crippen LogP) is 3.54. The molecule has 12 heteroatoms. The number of carbonyl (C=O) groups is 2. The van der Waals surface area contributed by atoms with Crippen molar-refractivity contribution in [3.8, 4) is 5.75 Å². The zero-order valence-electron chi connectivity index (χ0n) is 22.4. The van der Waals surface area contributed by atoms with Gasteiger partial charge in [0, 0.05) is 25.6 Å². The van der Waals surface area contributed by atoms with Crippen molar-refractivity contribution in [3.05, 3.63) is 58.9 Å². The molecule has 5 rings (SSSR count). The van der Waals surface area contributed by atoms with Crippen LogP contribution in [0.5, 0.6) is 5.75 Å². The highest BCUT2D eigenvalue weighted by atomic mass is 32.2. The molecule has 2 aliphatic heterocycles. The van der Waals surface area contributed by atoms with Crippen LogP contribution < -0.4 is 9.04 Å². The molecule has 1 amide bonds. The lowest BCUT2D eigenvalue weighted by molar-refractivity contribution is 0.0595. The van der Waals surface area contributed by atoms with Crippen molar-refractivity contribution in [3.63, 3.8) is 0 Å². The molecule has 2 aromatic rings. The number of hydrogen-bond donors (Lipinski definition) is 1. The van der Waals surface area contributed by atoms with E-state index in [0.717, 1.165) is 44.4 Å². The van der Waals surface area contributed by atoms with Crippen molar-refractivity contribution in [2.75, 3.05) is 44.8 Å². The van der Waals surface area contributed by atoms with Crippen LogP contribution in [0.3, 0.4) is 0 Å². The number of halogens is 1. The molecule has 0 aromatic heterocycles. The van der Waals surface area contributed by atoms with Gasteiger partial charge in [-0.15, -0.1) is 0 Å². The molecule has 2 aromatic carbocycles. The summed E-state index contributed by atoms with van der Waals surface area (Å²) in [6, 6.07) is 6.08. The Morgan fingerprint density at radius 1 is 1.25 bits per heavy atom. The number of benzene rings is 2. The number of sulfonamides is 1. The van der Waals surface area contributed by atoms with Gasteiger partial charge in [0.1, 0.15) is 17.1 Å². The van der Waals surface area contributed by atoms with Gasteiger partial charge in [-0.25, -0.2) is 22.4 Å². The van der Waals surface area contributed by atoms with Gasteiger partial charge in [0.25, 0.3) is 10.0 Å². The number of nitrogens with zero attached hydrogens (tertiary/aromatic N) is 2. The Balaban J connectivity index is 1.57. The number of fused-ring (bicyclic) bond motifs is 3. The molecule has 0 spiro atoms. The van der Waals surface area contributed by atoms with Crippen molar-refractivity contribution >= 4 is 33.8 Å². The summed E-state index contributed by atoms with van der Waals surface area (Å²) in [6.07, 6.45) is 3.32. The summed E-state index contributed by atoms with van der Waals surface area (Å²) in [6.45, 7) is 3.59. The average molecular weight is 575 g/mol. The Morgan fingerprint density at radius 2 is 2.02 bits per heavy atom. The normalized spacial score (nSPS) is 23.7. The van der Waals surface area contributed by atoms with Crippen molar-refractivity contribution in [1.82, 2.24) is 4.90 Å². The van der Waals surface area contributed by atoms with Crippen LogP contribution in [-0.2, 0) is 19.5 Å². The van der Waals surface area contributed by atoms with Gasteiger partial charge in [-0.05, 0) is 61.1 Å². The van der Waals surface area contributed by atoms with Crippen molar-refractivity contribution in [1.29, 1.82) is 0 Å². The lowest BCUT2D eigenvalue weighted by atomic mass is 10.00. The summed E-state index contributed by atoms with van der Waals surface area (Å²) in [4.78, 5) is 27.6. The molecule has 1 aliphatic carbocycles. The molecule has 214 valence electrons. The van der Waals surface area contributed by atoms with E-state index in [0.29, 0.717) is 42.9 Å². The van der Waals surface area contributed by atoms with Gasteiger partial charge in [0.15, 0.2) is 0 Å². The van der Waals surface area contributed by atoms with Crippen LogP contribution in [0.1, 0.15) is 47.2 Å². The lowest BCUT2D eigenvalue weighted by Gasteiger charge is -2.27. The predicted molar refractivity (Wildman–Crippen MR) is 143 cm³/mol. The molecule has 0 bridgehead atoms. The maximum Gasteiger partial charge on any atom is 0.428 e. The SMILES string of the molecule is COC(=O)c1c(N(C(=O)OC)S(=O)(=O)c2ccc(F)cc2/C=C\CN2CCC(C)(O)C2)ccc2c1OC[C@@H]1C[C@H]21. The number of aliphatic hydroxyl groups is 1. The maximum atomic E-state index is 14.3. The van der Waals surface area contributed by atoms with E-state index in [9.17, 15) is 27.5 Å². The standard InChI is InChI=1S/C28H31FN2O8S/c1-28(34)10-12-30(16-28)11-4-5-17-13-19(29)6-9-23(17)40(35,36)31(27(33)38-3)22-8-7-20-21-14-18(21)15-39-25(20)24(22)26(32)37-2/h4-9,13,18,21,34H,10-12,14-16H2,1-3H3/b5-4-/t18-,21-,28?/m0/s1. The zero-order valence-corrected chi connectivity index (χ0v) is 23.2. The van der Waals surface area contributed by atoms with E-state index in [1.165, 1.54) is 12.1 Å². The average Bonchev–Trinajstić information content (AvgIpc) is 3.63. The first-order valence-corrected chi connectivity index (χ1v) is 14.3. The van der Waals surface area contributed by atoms with Crippen LogP contribution in [0.2, 0.25) is 0 Å². The van der Waals surface area contributed by atoms with Gasteiger partial charge in [0.05, 0.1) is 37.0 Å². The monoisotopic (exact) mass is 574 g/mol. The summed E-state index contributed by atoms with van der Waals surface area (Å²) in [7, 11) is -2.59. The Morgan fingerprint density at radius 3 is 2.70 bits per heavy atom. The van der Waals surface area contributed by atoms with Crippen molar-refractivity contribution in [2.45, 2.75) is 36.2 Å². The Labute approximate surface area is 232 Å². The molecule has 1 saturated heterocycles. The van der Waals surface area contributed by atoms with Crippen LogP contribution in [0.4, 0.5) is 14.9 Å². The van der Waals surface area contributed by atoms with Crippen LogP contribution in [0, 0.1) is 11.7 Å². The number of anilines is 1. The molecule has 3 atom stereocenters. The first-order chi connectivity index (χ1) is 19.0. The summed E-state index contributed by atoms with van der Waals surface area (Å²) in [5.41, 5.74) is -0.573. The Hall–Kier alpha value is -3.48. The highest BCUT2D eigenvalue weighted by Gasteiger charge is 2.47. The van der Waals surface area contributed by atoms with Crippen LogP contribution in [-0.4, -0.2) is 76.5 Å². The highest BCUT2D eigenvalue weighted by molar-refractivity contribution is 7.93. The number of carbonyl (C=O) groups excluding carboxylic acids is 2. The first-order valence-electron chi connectivity index (χ1n) is 12.9. The molecule has 1 N–H and O–H groups in total. The quantitative estimate of drug-likeness (QED) is 0.495. The van der Waals surface area contributed by atoms with Crippen LogP contribution in [0.25, 0.3) is 6.08 Å². The molecule has 40 heavy (non-hydrogen) atoms. The van der Waals surface area contributed by atoms with E-state index >= 15 is 0 Å². The van der Waals surface area contributed by atoms with Crippen LogP contribution >= 0.6 is 0 Å². The number of ether oxygens (including phenoxy) is 3. The molecule has 0 radical (unpaired) electrons. The minimum absolute atomic E-state index is 0.00508. The molecule has 1 unspecified atom stereocenters. The van der Waals surface area contributed by atoms with Gasteiger partial charge in [0.2, 0.25) is 0 Å². The number of rotatable bonds is 7. The van der Waals surface area contributed by atoms with E-state index in [-0.39, 0.29) is 33.4 Å². The van der Waals surface area contributed by atoms with E-state index < -0.39 is 33.5 Å². The van der Waals surface area contributed by atoms with E-state index in [1.54, 1.807) is 19.1 Å². The number of β-amino-alcohol motifs (C(OH)–C–C–N with tert-alkyl or cyclic N) is 1. The molecule has 1 saturated carbocycles. The molecule has 3 aliphatic rings. The van der Waals surface area contributed by atoms with Crippen molar-refractivity contribution < 1.29 is 41.7 Å². The van der Waals surface area contributed by atoms with Gasteiger partial charge in [-0.3, -0.25) is 4.90 Å². The van der Waals surface area contributed by atoms with Crippen LogP contribution in [0.15, 0.2) is 41.3 Å². The fourth-order valence-electron chi connectivity index (χ4n) is 5.42. The maximum absolute atomic E-state index is 14.3. The highest BCUT2D eigenvalue weighted by Crippen LogP contribution is 2.56. The Bertz CT molecular complexity index is 1490. The lowest BCUT2D eigenvalue weighted by Crippen LogP contribution is -2.38. The number of methoxy groups -OCH3 is 2. The van der Waals surface area contributed by atoms with Gasteiger partial charge in [-0.1, -0.05) is 18.2 Å². The zero-order chi connectivity index (χ0) is 28.8. The number of hydrogen-bond acceptors (Lipinski definition) is 9. The molecule has 10 nitrogen and oxygen atoms in total. The minimum atomic E-state index is -4.75. The molecule has 2 heterocycles. The number of amides is 1. The second-order valence-corrected chi connectivity index (χ2v) is 12.3. The molecule has 2 fully saturated rings.